The third kappa shape index (κ3) is 3.58. The summed E-state index contributed by atoms with van der Waals surface area (Å²) in [5.74, 6) is 2.58. The summed E-state index contributed by atoms with van der Waals surface area (Å²) in [5, 5.41) is 0. The summed E-state index contributed by atoms with van der Waals surface area (Å²) in [7, 11) is 2.06. The highest BCUT2D eigenvalue weighted by atomic mass is 15.2. The molecule has 0 spiro atoms. The molecule has 0 fully saturated rings. The van der Waals surface area contributed by atoms with Gasteiger partial charge in [-0.05, 0) is 13.3 Å². The third-order valence-electron chi connectivity index (χ3n) is 3.00. The standard InChI is InChI=1S/C13H24N4/c1-6-7-10(4)17(5)12-8-11(14)15-13(16-12)9(2)3/h8-10H,6-7H2,1-5H3,(H2,14,15,16). The number of nitrogens with zero attached hydrogens (tertiary/aromatic N) is 3. The molecule has 0 aliphatic heterocycles. The Bertz CT molecular complexity index is 362. The summed E-state index contributed by atoms with van der Waals surface area (Å²) in [6.07, 6.45) is 2.32. The first kappa shape index (κ1) is 13.7. The first-order valence-corrected chi connectivity index (χ1v) is 6.33. The maximum atomic E-state index is 5.83. The van der Waals surface area contributed by atoms with Crippen molar-refractivity contribution in [2.75, 3.05) is 17.7 Å². The molecule has 1 aromatic heterocycles. The molecular weight excluding hydrogens is 212 g/mol. The van der Waals surface area contributed by atoms with E-state index in [0.717, 1.165) is 18.1 Å². The molecule has 1 aromatic rings. The lowest BCUT2D eigenvalue weighted by Gasteiger charge is -2.26. The van der Waals surface area contributed by atoms with Crippen molar-refractivity contribution in [1.29, 1.82) is 0 Å². The SMILES string of the molecule is CCCC(C)N(C)c1cc(N)nc(C(C)C)n1. The van der Waals surface area contributed by atoms with Crippen molar-refractivity contribution in [3.8, 4) is 0 Å². The Morgan fingerprint density at radius 2 is 1.94 bits per heavy atom. The van der Waals surface area contributed by atoms with Crippen LogP contribution in [0.2, 0.25) is 0 Å². The number of hydrogen-bond acceptors (Lipinski definition) is 4. The maximum Gasteiger partial charge on any atom is 0.135 e. The van der Waals surface area contributed by atoms with Crippen LogP contribution in [0.15, 0.2) is 6.07 Å². The molecule has 0 amide bonds. The minimum atomic E-state index is 0.298. The molecule has 1 rings (SSSR count). The second kappa shape index (κ2) is 5.84. The van der Waals surface area contributed by atoms with Crippen molar-refractivity contribution in [1.82, 2.24) is 9.97 Å². The predicted octanol–water partition coefficient (Wildman–Crippen LogP) is 2.81. The average Bonchev–Trinajstić information content (AvgIpc) is 2.27. The van der Waals surface area contributed by atoms with Crippen LogP contribution in [-0.4, -0.2) is 23.1 Å². The molecule has 1 atom stereocenters. The lowest BCUT2D eigenvalue weighted by Crippen LogP contribution is -2.29. The van der Waals surface area contributed by atoms with Gasteiger partial charge in [0.25, 0.3) is 0 Å². The van der Waals surface area contributed by atoms with Gasteiger partial charge in [-0.3, -0.25) is 0 Å². The summed E-state index contributed by atoms with van der Waals surface area (Å²) in [6, 6.07) is 2.31. The largest absolute Gasteiger partial charge is 0.384 e. The van der Waals surface area contributed by atoms with E-state index in [9.17, 15) is 0 Å². The Kier molecular flexibility index (Phi) is 4.73. The molecular formula is C13H24N4. The van der Waals surface area contributed by atoms with Gasteiger partial charge >= 0.3 is 0 Å². The Morgan fingerprint density at radius 3 is 2.47 bits per heavy atom. The van der Waals surface area contributed by atoms with Gasteiger partial charge in [0.1, 0.15) is 17.5 Å². The molecule has 0 radical (unpaired) electrons. The van der Waals surface area contributed by atoms with Crippen LogP contribution in [-0.2, 0) is 0 Å². The van der Waals surface area contributed by atoms with Gasteiger partial charge < -0.3 is 10.6 Å². The van der Waals surface area contributed by atoms with E-state index < -0.39 is 0 Å². The quantitative estimate of drug-likeness (QED) is 0.854. The van der Waals surface area contributed by atoms with Gasteiger partial charge in [-0.15, -0.1) is 0 Å². The van der Waals surface area contributed by atoms with Gasteiger partial charge in [-0.2, -0.15) is 0 Å². The average molecular weight is 236 g/mol. The molecule has 0 aliphatic carbocycles. The van der Waals surface area contributed by atoms with E-state index in [1.54, 1.807) is 0 Å². The number of nitrogen functional groups attached to an aromatic ring is 1. The van der Waals surface area contributed by atoms with Crippen molar-refractivity contribution in [2.24, 2.45) is 0 Å². The van der Waals surface area contributed by atoms with Gasteiger partial charge in [0, 0.05) is 25.1 Å². The van der Waals surface area contributed by atoms with E-state index in [0.29, 0.717) is 17.8 Å². The summed E-state index contributed by atoms with van der Waals surface area (Å²) < 4.78 is 0. The van der Waals surface area contributed by atoms with Crippen molar-refractivity contribution in [2.45, 2.75) is 52.5 Å². The minimum absolute atomic E-state index is 0.298. The highest BCUT2D eigenvalue weighted by molar-refractivity contribution is 5.47. The first-order chi connectivity index (χ1) is 7.95. The van der Waals surface area contributed by atoms with Crippen molar-refractivity contribution >= 4 is 11.6 Å². The zero-order valence-corrected chi connectivity index (χ0v) is 11.6. The van der Waals surface area contributed by atoms with Crippen LogP contribution in [0.4, 0.5) is 11.6 Å². The van der Waals surface area contributed by atoms with Crippen LogP contribution in [0.1, 0.15) is 52.3 Å². The van der Waals surface area contributed by atoms with Gasteiger partial charge in [-0.25, -0.2) is 9.97 Å². The van der Waals surface area contributed by atoms with Gasteiger partial charge in [0.2, 0.25) is 0 Å². The Labute approximate surface area is 104 Å². The minimum Gasteiger partial charge on any atom is -0.384 e. The van der Waals surface area contributed by atoms with E-state index in [4.69, 9.17) is 5.73 Å². The van der Waals surface area contributed by atoms with Crippen LogP contribution in [0, 0.1) is 0 Å². The fourth-order valence-electron chi connectivity index (χ4n) is 1.75. The number of rotatable bonds is 5. The smallest absolute Gasteiger partial charge is 0.135 e. The zero-order valence-electron chi connectivity index (χ0n) is 11.6. The third-order valence-corrected chi connectivity index (χ3v) is 3.00. The zero-order chi connectivity index (χ0) is 13.0. The van der Waals surface area contributed by atoms with Crippen molar-refractivity contribution < 1.29 is 0 Å². The van der Waals surface area contributed by atoms with Crippen molar-refractivity contribution in [3.63, 3.8) is 0 Å². The molecule has 0 saturated carbocycles. The lowest BCUT2D eigenvalue weighted by molar-refractivity contribution is 0.608. The molecule has 0 aliphatic rings. The number of anilines is 2. The van der Waals surface area contributed by atoms with E-state index in [1.165, 1.54) is 6.42 Å². The normalized spacial score (nSPS) is 12.8. The lowest BCUT2D eigenvalue weighted by atomic mass is 10.1. The second-order valence-electron chi connectivity index (χ2n) is 4.91. The first-order valence-electron chi connectivity index (χ1n) is 6.33. The summed E-state index contributed by atoms with van der Waals surface area (Å²) >= 11 is 0. The molecule has 0 bridgehead atoms. The highest BCUT2D eigenvalue weighted by Gasteiger charge is 2.13. The van der Waals surface area contributed by atoms with E-state index in [-0.39, 0.29) is 0 Å². The van der Waals surface area contributed by atoms with Gasteiger partial charge in [0.15, 0.2) is 0 Å². The van der Waals surface area contributed by atoms with Gasteiger partial charge in [-0.1, -0.05) is 27.2 Å². The fourth-order valence-corrected chi connectivity index (χ4v) is 1.75. The maximum absolute atomic E-state index is 5.83. The number of aromatic nitrogens is 2. The van der Waals surface area contributed by atoms with Crippen LogP contribution < -0.4 is 10.6 Å². The molecule has 96 valence electrons. The van der Waals surface area contributed by atoms with Crippen LogP contribution >= 0.6 is 0 Å². The highest BCUT2D eigenvalue weighted by Crippen LogP contribution is 2.20. The fraction of sp³-hybridized carbons (Fsp3) is 0.692. The van der Waals surface area contributed by atoms with E-state index in [2.05, 4.69) is 49.6 Å². The topological polar surface area (TPSA) is 55.0 Å². The molecule has 4 nitrogen and oxygen atoms in total. The number of nitrogens with two attached hydrogens (primary N) is 1. The Morgan fingerprint density at radius 1 is 1.29 bits per heavy atom. The van der Waals surface area contributed by atoms with Crippen molar-refractivity contribution in [3.05, 3.63) is 11.9 Å². The second-order valence-corrected chi connectivity index (χ2v) is 4.91. The molecule has 4 heteroatoms. The van der Waals surface area contributed by atoms with Crippen LogP contribution in [0.3, 0.4) is 0 Å². The molecule has 2 N–H and O–H groups in total. The summed E-state index contributed by atoms with van der Waals surface area (Å²) in [5.41, 5.74) is 5.83. The Balaban J connectivity index is 2.96. The summed E-state index contributed by atoms with van der Waals surface area (Å²) in [4.78, 5) is 11.0. The van der Waals surface area contributed by atoms with Crippen LogP contribution in [0.25, 0.3) is 0 Å². The monoisotopic (exact) mass is 236 g/mol. The molecule has 0 aromatic carbocycles. The number of hydrogen-bond donors (Lipinski definition) is 1. The summed E-state index contributed by atoms with van der Waals surface area (Å²) in [6.45, 7) is 8.55. The van der Waals surface area contributed by atoms with E-state index >= 15 is 0 Å². The Hall–Kier alpha value is -1.32. The predicted molar refractivity (Wildman–Crippen MR) is 73.3 cm³/mol. The van der Waals surface area contributed by atoms with E-state index in [1.807, 2.05) is 6.07 Å². The molecule has 17 heavy (non-hydrogen) atoms. The van der Waals surface area contributed by atoms with Crippen LogP contribution in [0.5, 0.6) is 0 Å². The van der Waals surface area contributed by atoms with Gasteiger partial charge in [0.05, 0.1) is 0 Å². The molecule has 1 heterocycles. The molecule has 0 saturated heterocycles. The molecule has 1 unspecified atom stereocenters.